The van der Waals surface area contributed by atoms with Crippen molar-refractivity contribution < 1.29 is 8.42 Å². The number of benzene rings is 1. The minimum absolute atomic E-state index is 0. The zero-order valence-electron chi connectivity index (χ0n) is 12.4. The largest absolute Gasteiger partial charge is 0.317 e. The lowest BCUT2D eigenvalue weighted by atomic mass is 9.98. The highest BCUT2D eigenvalue weighted by Crippen LogP contribution is 2.32. The summed E-state index contributed by atoms with van der Waals surface area (Å²) in [4.78, 5) is 0.250. The van der Waals surface area contributed by atoms with Gasteiger partial charge in [-0.05, 0) is 59.9 Å². The number of hydrogen-bond donors (Lipinski definition) is 1. The second-order valence-corrected chi connectivity index (χ2v) is 8.31. The average Bonchev–Trinajstić information content (AvgIpc) is 2.48. The van der Waals surface area contributed by atoms with Crippen molar-refractivity contribution in [3.63, 3.8) is 0 Å². The monoisotopic (exact) mass is 430 g/mol. The molecular weight excluding hydrogens is 411 g/mol. The van der Waals surface area contributed by atoms with E-state index in [-0.39, 0.29) is 17.3 Å². The van der Waals surface area contributed by atoms with Crippen molar-refractivity contribution in [1.82, 2.24) is 9.62 Å². The summed E-state index contributed by atoms with van der Waals surface area (Å²) in [5.41, 5.74) is 0. The molecule has 1 aliphatic heterocycles. The SMILES string of the molecule is CCNCC1CCN(S(=O)(=O)c2cccc(Cl)c2Br)CC1.Cl. The van der Waals surface area contributed by atoms with Gasteiger partial charge in [0.2, 0.25) is 10.0 Å². The smallest absolute Gasteiger partial charge is 0.244 e. The fourth-order valence-electron chi connectivity index (χ4n) is 2.52. The first-order valence-electron chi connectivity index (χ1n) is 7.11. The summed E-state index contributed by atoms with van der Waals surface area (Å²) in [6, 6.07) is 4.93. The Hall–Kier alpha value is 0.150. The first-order chi connectivity index (χ1) is 9.96. The molecule has 1 fully saturated rings. The Labute approximate surface area is 152 Å². The lowest BCUT2D eigenvalue weighted by Gasteiger charge is -2.31. The molecule has 1 saturated heterocycles. The third-order valence-corrected chi connectivity index (χ3v) is 7.39. The molecule has 4 nitrogen and oxygen atoms in total. The number of nitrogens with one attached hydrogen (secondary N) is 1. The zero-order chi connectivity index (χ0) is 15.5. The van der Waals surface area contributed by atoms with Gasteiger partial charge < -0.3 is 5.32 Å². The summed E-state index contributed by atoms with van der Waals surface area (Å²) in [7, 11) is -3.48. The van der Waals surface area contributed by atoms with Gasteiger partial charge in [-0.15, -0.1) is 12.4 Å². The van der Waals surface area contributed by atoms with Gasteiger partial charge >= 0.3 is 0 Å². The highest BCUT2D eigenvalue weighted by Gasteiger charge is 2.30. The Morgan fingerprint density at radius 2 is 2.00 bits per heavy atom. The third-order valence-electron chi connectivity index (χ3n) is 3.79. The molecule has 126 valence electrons. The Bertz CT molecular complexity index is 591. The van der Waals surface area contributed by atoms with E-state index >= 15 is 0 Å². The van der Waals surface area contributed by atoms with Crippen LogP contribution in [0.25, 0.3) is 0 Å². The van der Waals surface area contributed by atoms with Crippen LogP contribution in [-0.4, -0.2) is 38.9 Å². The topological polar surface area (TPSA) is 49.4 Å². The number of rotatable bonds is 5. The molecule has 2 rings (SSSR count). The molecule has 0 unspecified atom stereocenters. The van der Waals surface area contributed by atoms with E-state index in [1.54, 1.807) is 22.5 Å². The molecule has 1 heterocycles. The van der Waals surface area contributed by atoms with Crippen LogP contribution in [0, 0.1) is 5.92 Å². The second kappa shape index (κ2) is 8.85. The minimum Gasteiger partial charge on any atom is -0.317 e. The number of hydrogen-bond acceptors (Lipinski definition) is 3. The zero-order valence-corrected chi connectivity index (χ0v) is 16.4. The summed E-state index contributed by atoms with van der Waals surface area (Å²) in [5, 5.41) is 3.74. The second-order valence-electron chi connectivity index (χ2n) is 5.21. The quantitative estimate of drug-likeness (QED) is 0.775. The van der Waals surface area contributed by atoms with E-state index in [0.717, 1.165) is 25.9 Å². The molecule has 0 spiro atoms. The summed E-state index contributed by atoms with van der Waals surface area (Å²) >= 11 is 9.28. The van der Waals surface area contributed by atoms with Crippen molar-refractivity contribution >= 4 is 50.0 Å². The summed E-state index contributed by atoms with van der Waals surface area (Å²) in [6.45, 7) is 5.13. The Balaban J connectivity index is 0.00000242. The average molecular weight is 432 g/mol. The van der Waals surface area contributed by atoms with E-state index in [0.29, 0.717) is 28.5 Å². The van der Waals surface area contributed by atoms with E-state index in [1.807, 2.05) is 0 Å². The van der Waals surface area contributed by atoms with E-state index in [1.165, 1.54) is 0 Å². The maximum Gasteiger partial charge on any atom is 0.244 e. The van der Waals surface area contributed by atoms with E-state index in [4.69, 9.17) is 11.6 Å². The highest BCUT2D eigenvalue weighted by molar-refractivity contribution is 9.10. The fourth-order valence-corrected chi connectivity index (χ4v) is 5.19. The predicted octanol–water partition coefficient (Wildman–Crippen LogP) is 3.53. The van der Waals surface area contributed by atoms with E-state index in [2.05, 4.69) is 28.2 Å². The molecule has 0 atom stereocenters. The maximum absolute atomic E-state index is 12.7. The van der Waals surface area contributed by atoms with Gasteiger partial charge in [0.25, 0.3) is 0 Å². The molecule has 22 heavy (non-hydrogen) atoms. The van der Waals surface area contributed by atoms with Crippen LogP contribution in [0.2, 0.25) is 5.02 Å². The van der Waals surface area contributed by atoms with Gasteiger partial charge in [-0.1, -0.05) is 24.6 Å². The molecule has 1 N–H and O–H groups in total. The summed E-state index contributed by atoms with van der Waals surface area (Å²) in [5.74, 6) is 0.555. The van der Waals surface area contributed by atoms with Crippen LogP contribution in [0.3, 0.4) is 0 Å². The number of piperidine rings is 1. The molecule has 1 aliphatic rings. The number of halogens is 3. The molecular formula is C14H21BrCl2N2O2S. The van der Waals surface area contributed by atoms with Crippen molar-refractivity contribution in [2.24, 2.45) is 5.92 Å². The van der Waals surface area contributed by atoms with Crippen LogP contribution in [0.15, 0.2) is 27.6 Å². The van der Waals surface area contributed by atoms with Gasteiger partial charge in [0.1, 0.15) is 0 Å². The standard InChI is InChI=1S/C14H20BrClN2O2S.ClH/c1-2-17-10-11-6-8-18(9-7-11)21(19,20)13-5-3-4-12(16)14(13)15;/h3-5,11,17H,2,6-10H2,1H3;1H. The van der Waals surface area contributed by atoms with Crippen LogP contribution in [0.4, 0.5) is 0 Å². The van der Waals surface area contributed by atoms with Gasteiger partial charge in [-0.2, -0.15) is 4.31 Å². The van der Waals surface area contributed by atoms with E-state index in [9.17, 15) is 8.42 Å². The third kappa shape index (κ3) is 4.58. The molecule has 0 aromatic heterocycles. The van der Waals surface area contributed by atoms with Crippen molar-refractivity contribution in [3.8, 4) is 0 Å². The summed E-state index contributed by atoms with van der Waals surface area (Å²) < 4.78 is 27.4. The molecule has 1 aromatic carbocycles. The molecule has 0 bridgehead atoms. The molecule has 0 radical (unpaired) electrons. The first-order valence-corrected chi connectivity index (χ1v) is 9.72. The van der Waals surface area contributed by atoms with Crippen LogP contribution in [0.5, 0.6) is 0 Å². The van der Waals surface area contributed by atoms with Crippen molar-refractivity contribution in [3.05, 3.63) is 27.7 Å². The van der Waals surface area contributed by atoms with Crippen molar-refractivity contribution in [2.45, 2.75) is 24.7 Å². The van der Waals surface area contributed by atoms with Gasteiger partial charge in [0, 0.05) is 13.1 Å². The van der Waals surface area contributed by atoms with E-state index < -0.39 is 10.0 Å². The van der Waals surface area contributed by atoms with Crippen LogP contribution >= 0.6 is 39.9 Å². The Morgan fingerprint density at radius 3 is 2.59 bits per heavy atom. The van der Waals surface area contributed by atoms with Gasteiger partial charge in [0.05, 0.1) is 14.4 Å². The molecule has 0 saturated carbocycles. The molecule has 0 amide bonds. The lowest BCUT2D eigenvalue weighted by Crippen LogP contribution is -2.40. The van der Waals surface area contributed by atoms with Gasteiger partial charge in [-0.25, -0.2) is 8.42 Å². The first kappa shape index (κ1) is 20.2. The maximum atomic E-state index is 12.7. The van der Waals surface area contributed by atoms with Crippen LogP contribution in [-0.2, 0) is 10.0 Å². The predicted molar refractivity (Wildman–Crippen MR) is 96.4 cm³/mol. The Morgan fingerprint density at radius 1 is 1.36 bits per heavy atom. The summed E-state index contributed by atoms with van der Waals surface area (Å²) in [6.07, 6.45) is 1.79. The molecule has 1 aromatic rings. The highest BCUT2D eigenvalue weighted by atomic mass is 79.9. The molecule has 0 aliphatic carbocycles. The normalized spacial score (nSPS) is 17.2. The Kier molecular flexibility index (Phi) is 8.12. The van der Waals surface area contributed by atoms with Gasteiger partial charge in [0.15, 0.2) is 0 Å². The van der Waals surface area contributed by atoms with Crippen LogP contribution in [0.1, 0.15) is 19.8 Å². The molecule has 8 heteroatoms. The van der Waals surface area contributed by atoms with Crippen molar-refractivity contribution in [2.75, 3.05) is 26.2 Å². The lowest BCUT2D eigenvalue weighted by molar-refractivity contribution is 0.268. The van der Waals surface area contributed by atoms with Gasteiger partial charge in [-0.3, -0.25) is 0 Å². The number of sulfonamides is 1. The number of nitrogens with zero attached hydrogens (tertiary/aromatic N) is 1. The van der Waals surface area contributed by atoms with Crippen LogP contribution < -0.4 is 5.32 Å². The minimum atomic E-state index is -3.48. The van der Waals surface area contributed by atoms with Crippen molar-refractivity contribution in [1.29, 1.82) is 0 Å². The fraction of sp³-hybridized carbons (Fsp3) is 0.571.